The van der Waals surface area contributed by atoms with Gasteiger partial charge in [-0.25, -0.2) is 0 Å². The van der Waals surface area contributed by atoms with Gasteiger partial charge in [-0.1, -0.05) is 124 Å². The number of benzene rings is 4. The molecule has 4 rings (SSSR count). The Bertz CT molecular complexity index is 1760. The van der Waals surface area contributed by atoms with E-state index in [4.69, 9.17) is 26.7 Å². The third-order valence-corrected chi connectivity index (χ3v) is 10.5. The number of nitrogens with zero attached hydrogens (tertiary/aromatic N) is 1. The van der Waals surface area contributed by atoms with E-state index in [0.29, 0.717) is 6.61 Å². The van der Waals surface area contributed by atoms with Gasteiger partial charge in [0.25, 0.3) is 0 Å². The van der Waals surface area contributed by atoms with Crippen LogP contribution in [0.2, 0.25) is 39.3 Å². The fourth-order valence-corrected chi connectivity index (χ4v) is 7.15. The first-order chi connectivity index (χ1) is 22.1. The second-order valence-electron chi connectivity index (χ2n) is 13.8. The lowest BCUT2D eigenvalue weighted by molar-refractivity contribution is -0.143. The van der Waals surface area contributed by atoms with Gasteiger partial charge in [0.1, 0.15) is 18.2 Å². The molecule has 4 aromatic rings. The van der Waals surface area contributed by atoms with Crippen LogP contribution in [0.4, 0.5) is 0 Å². The Morgan fingerprint density at radius 3 is 1.57 bits per heavy atom. The first-order valence-corrected chi connectivity index (χ1v) is 24.8. The predicted molar refractivity (Wildman–Crippen MR) is 210 cm³/mol. The molecule has 0 radical (unpaired) electrons. The molecular weight excluding hydrogens is 657 g/mol. The molecule has 0 amide bonds. The number of ether oxygens (including phenoxy) is 2. The minimum atomic E-state index is -1.23. The van der Waals surface area contributed by atoms with E-state index in [2.05, 4.69) is 75.1 Å². The number of nitrogens with one attached hydrogen (secondary N) is 1. The average Bonchev–Trinajstić information content (AvgIpc) is 3.01. The van der Waals surface area contributed by atoms with Crippen LogP contribution in [-0.2, 0) is 32.3 Å². The van der Waals surface area contributed by atoms with Crippen molar-refractivity contribution < 1.29 is 19.1 Å². The van der Waals surface area contributed by atoms with E-state index < -0.39 is 16.1 Å². The lowest BCUT2D eigenvalue weighted by Gasteiger charge is -2.19. The van der Waals surface area contributed by atoms with Crippen LogP contribution in [0, 0.1) is 0 Å². The van der Waals surface area contributed by atoms with Gasteiger partial charge in [0, 0.05) is 37.3 Å². The van der Waals surface area contributed by atoms with Crippen molar-refractivity contribution in [2.75, 3.05) is 18.6 Å². The Balaban J connectivity index is 0.000000256. The molecule has 47 heavy (non-hydrogen) atoms. The summed E-state index contributed by atoms with van der Waals surface area (Å²) in [4.78, 5) is 27.8. The van der Waals surface area contributed by atoms with Crippen molar-refractivity contribution in [3.05, 3.63) is 95.1 Å². The summed E-state index contributed by atoms with van der Waals surface area (Å²) >= 11 is 7.28. The van der Waals surface area contributed by atoms with Crippen molar-refractivity contribution in [1.29, 1.82) is 0 Å². The van der Waals surface area contributed by atoms with E-state index in [9.17, 15) is 9.59 Å². The van der Waals surface area contributed by atoms with E-state index in [-0.39, 0.29) is 18.5 Å². The highest BCUT2D eigenvalue weighted by molar-refractivity contribution is 8.13. The normalized spacial score (nSPS) is 11.9. The summed E-state index contributed by atoms with van der Waals surface area (Å²) < 4.78 is 10.3. The van der Waals surface area contributed by atoms with Crippen LogP contribution in [0.3, 0.4) is 0 Å². The van der Waals surface area contributed by atoms with E-state index >= 15 is 0 Å². The van der Waals surface area contributed by atoms with Crippen LogP contribution in [0.15, 0.2) is 77.8 Å². The van der Waals surface area contributed by atoms with Crippen molar-refractivity contribution in [1.82, 2.24) is 5.32 Å². The molecule has 0 bridgehead atoms. The largest absolute Gasteiger partial charge is 0.461 e. The molecule has 0 fully saturated rings. The van der Waals surface area contributed by atoms with Gasteiger partial charge in [-0.05, 0) is 38.9 Å². The SMILES string of the molecule is CC(=O)OCc1ccc(C(=S)NC[Si](C)(C)C)c2ccccc12.CSC(=NC[Si](C)(C)C)c1ccc(COC(C)=O)c2ccccc12. The molecule has 0 spiro atoms. The zero-order valence-electron chi connectivity index (χ0n) is 29.2. The Labute approximate surface area is 291 Å². The van der Waals surface area contributed by atoms with Crippen LogP contribution in [0.1, 0.15) is 36.1 Å². The number of hydrogen-bond donors (Lipinski definition) is 1. The number of carbonyl (C=O) groups is 2. The highest BCUT2D eigenvalue weighted by Crippen LogP contribution is 2.27. The molecule has 1 N–H and O–H groups in total. The van der Waals surface area contributed by atoms with Crippen LogP contribution in [0.25, 0.3) is 21.5 Å². The molecule has 10 heteroatoms. The monoisotopic (exact) mass is 704 g/mol. The topological polar surface area (TPSA) is 77.0 Å². The first kappa shape index (κ1) is 38.1. The number of aliphatic imine (C=N–C) groups is 1. The zero-order valence-corrected chi connectivity index (χ0v) is 32.8. The van der Waals surface area contributed by atoms with E-state index in [1.165, 1.54) is 13.8 Å². The molecular formula is C37H48N2O4S2Si2. The average molecular weight is 705 g/mol. The summed E-state index contributed by atoms with van der Waals surface area (Å²) in [5.41, 5.74) is 4.20. The second kappa shape index (κ2) is 17.2. The summed E-state index contributed by atoms with van der Waals surface area (Å²) in [7, 11) is -2.44. The van der Waals surface area contributed by atoms with Gasteiger partial charge in [-0.15, -0.1) is 11.8 Å². The smallest absolute Gasteiger partial charge is 0.302 e. The van der Waals surface area contributed by atoms with Gasteiger partial charge < -0.3 is 14.8 Å². The van der Waals surface area contributed by atoms with Crippen LogP contribution in [-0.4, -0.2) is 56.7 Å². The third-order valence-electron chi connectivity index (χ3n) is 7.04. The van der Waals surface area contributed by atoms with Gasteiger partial charge in [-0.2, -0.15) is 0 Å². The van der Waals surface area contributed by atoms with E-state index in [0.717, 1.165) is 66.2 Å². The highest BCUT2D eigenvalue weighted by Gasteiger charge is 2.17. The molecule has 0 saturated carbocycles. The molecule has 0 aromatic heterocycles. The second-order valence-corrected chi connectivity index (χ2v) is 25.9. The van der Waals surface area contributed by atoms with Crippen LogP contribution in [0.5, 0.6) is 0 Å². The van der Waals surface area contributed by atoms with E-state index in [1.54, 1.807) is 11.8 Å². The predicted octanol–water partition coefficient (Wildman–Crippen LogP) is 8.94. The summed E-state index contributed by atoms with van der Waals surface area (Å²) in [5.74, 6) is -0.532. The summed E-state index contributed by atoms with van der Waals surface area (Å²) in [6, 6.07) is 24.5. The third kappa shape index (κ3) is 12.0. The molecule has 0 aliphatic heterocycles. The molecule has 4 aromatic carbocycles. The molecule has 0 aliphatic carbocycles. The number of esters is 2. The van der Waals surface area contributed by atoms with Crippen LogP contribution >= 0.6 is 24.0 Å². The fourth-order valence-electron chi connectivity index (χ4n) is 4.73. The van der Waals surface area contributed by atoms with Crippen molar-refractivity contribution in [3.63, 3.8) is 0 Å². The minimum absolute atomic E-state index is 0.260. The quantitative estimate of drug-likeness (QED) is 0.0581. The minimum Gasteiger partial charge on any atom is -0.461 e. The maximum Gasteiger partial charge on any atom is 0.302 e. The Morgan fingerprint density at radius 1 is 0.702 bits per heavy atom. The maximum absolute atomic E-state index is 11.1. The molecule has 0 atom stereocenters. The van der Waals surface area contributed by atoms with Gasteiger partial charge >= 0.3 is 11.9 Å². The Hall–Kier alpha value is -3.32. The Kier molecular flexibility index (Phi) is 13.9. The number of rotatable bonds is 10. The molecule has 0 saturated heterocycles. The molecule has 250 valence electrons. The number of hydrogen-bond acceptors (Lipinski definition) is 7. The number of carbonyl (C=O) groups excluding carboxylic acids is 2. The number of fused-ring (bicyclic) bond motifs is 2. The summed E-state index contributed by atoms with van der Waals surface area (Å²) in [5, 5.41) is 8.92. The zero-order chi connectivity index (χ0) is 34.8. The molecule has 6 nitrogen and oxygen atoms in total. The van der Waals surface area contributed by atoms with Crippen molar-refractivity contribution >= 4 is 83.6 Å². The molecule has 0 aliphatic rings. The fraction of sp³-hybridized carbons (Fsp3) is 0.351. The molecule has 0 heterocycles. The van der Waals surface area contributed by atoms with Gasteiger partial charge in [0.15, 0.2) is 0 Å². The summed E-state index contributed by atoms with van der Waals surface area (Å²) in [6.45, 7) is 17.4. The number of thioether (sulfide) groups is 1. The van der Waals surface area contributed by atoms with Crippen molar-refractivity contribution in [2.24, 2.45) is 4.99 Å². The standard InChI is InChI=1S/C19H25NO2SSi.C18H23NO2SSi/c1-14(21)22-12-15-10-11-18(17-9-7-6-8-16(15)17)19(23-2)20-13-24(3,4)5;1-13(20)21-11-14-9-10-17(16-8-6-5-7-15(14)16)18(22)19-12-23(2,3)4/h6-11H,12-13H2,1-5H3;5-10H,11-12H2,1-4H3,(H,19,22). The van der Waals surface area contributed by atoms with Gasteiger partial charge in [0.2, 0.25) is 0 Å². The van der Waals surface area contributed by atoms with E-state index in [1.807, 2.05) is 48.5 Å². The van der Waals surface area contributed by atoms with Gasteiger partial charge in [-0.3, -0.25) is 14.6 Å². The lowest BCUT2D eigenvalue weighted by atomic mass is 10.00. The Morgan fingerprint density at radius 2 is 1.15 bits per heavy atom. The maximum atomic E-state index is 11.1. The van der Waals surface area contributed by atoms with Crippen molar-refractivity contribution in [2.45, 2.75) is 66.3 Å². The lowest BCUT2D eigenvalue weighted by Crippen LogP contribution is -2.39. The highest BCUT2D eigenvalue weighted by atomic mass is 32.2. The summed E-state index contributed by atoms with van der Waals surface area (Å²) in [6.07, 6.45) is 3.95. The van der Waals surface area contributed by atoms with Crippen molar-refractivity contribution in [3.8, 4) is 0 Å². The number of thiocarbonyl (C=S) groups is 1. The van der Waals surface area contributed by atoms with Crippen LogP contribution < -0.4 is 5.32 Å². The first-order valence-electron chi connectivity index (χ1n) is 15.7. The van der Waals surface area contributed by atoms with Gasteiger partial charge in [0.05, 0.1) is 21.2 Å². The molecule has 0 unspecified atom stereocenters.